The van der Waals surface area contributed by atoms with E-state index in [0.717, 1.165) is 17.7 Å². The number of nitro benzene ring substituents is 1. The highest BCUT2D eigenvalue weighted by Gasteiger charge is 2.33. The van der Waals surface area contributed by atoms with Crippen molar-refractivity contribution in [2.75, 3.05) is 6.54 Å². The Kier molecular flexibility index (Phi) is 6.38. The fraction of sp³-hybridized carbons (Fsp3) is 0.167. The molecule has 0 aromatic heterocycles. The third kappa shape index (κ3) is 6.04. The molecule has 140 valence electrons. The van der Waals surface area contributed by atoms with Crippen LogP contribution in [0.1, 0.15) is 16.7 Å². The molecule has 0 unspecified atom stereocenters. The van der Waals surface area contributed by atoms with Crippen LogP contribution in [0.3, 0.4) is 0 Å². The summed E-state index contributed by atoms with van der Waals surface area (Å²) in [5.74, 6) is 4.52. The second-order valence-corrected chi connectivity index (χ2v) is 5.20. The molecular formula is C18H13F3N2O4. The van der Waals surface area contributed by atoms with Gasteiger partial charge in [0.1, 0.15) is 6.61 Å². The Bertz CT molecular complexity index is 887. The van der Waals surface area contributed by atoms with Crippen molar-refractivity contribution in [1.29, 1.82) is 0 Å². The molecule has 27 heavy (non-hydrogen) atoms. The molecule has 0 radical (unpaired) electrons. The Morgan fingerprint density at radius 3 is 2.52 bits per heavy atom. The van der Waals surface area contributed by atoms with Crippen LogP contribution in [-0.2, 0) is 17.5 Å². The molecule has 0 saturated carbocycles. The monoisotopic (exact) mass is 378 g/mol. The minimum absolute atomic E-state index is 0.0310. The van der Waals surface area contributed by atoms with Crippen molar-refractivity contribution in [1.82, 2.24) is 5.32 Å². The predicted molar refractivity (Wildman–Crippen MR) is 89.6 cm³/mol. The molecule has 1 amide bonds. The molecule has 2 aromatic rings. The van der Waals surface area contributed by atoms with Crippen molar-refractivity contribution in [2.24, 2.45) is 0 Å². The third-order valence-electron chi connectivity index (χ3n) is 3.28. The molecular weight excluding hydrogens is 365 g/mol. The quantitative estimate of drug-likeness (QED) is 0.497. The van der Waals surface area contributed by atoms with Crippen molar-refractivity contribution < 1.29 is 27.6 Å². The Morgan fingerprint density at radius 2 is 1.89 bits per heavy atom. The summed E-state index contributed by atoms with van der Waals surface area (Å²) in [6, 6.07) is 11.0. The van der Waals surface area contributed by atoms with Crippen molar-refractivity contribution in [3.05, 3.63) is 75.3 Å². The third-order valence-corrected chi connectivity index (χ3v) is 3.28. The van der Waals surface area contributed by atoms with Crippen LogP contribution in [0.15, 0.2) is 48.5 Å². The molecule has 2 aromatic carbocycles. The lowest BCUT2D eigenvalue weighted by Gasteiger charge is -2.08. The van der Waals surface area contributed by atoms with Crippen LogP contribution in [0.25, 0.3) is 0 Å². The van der Waals surface area contributed by atoms with E-state index >= 15 is 0 Å². The summed E-state index contributed by atoms with van der Waals surface area (Å²) in [7, 11) is 0. The van der Waals surface area contributed by atoms with Crippen LogP contribution in [0.4, 0.5) is 23.7 Å². The lowest BCUT2D eigenvalue weighted by molar-refractivity contribution is -0.384. The van der Waals surface area contributed by atoms with Gasteiger partial charge in [-0.3, -0.25) is 10.1 Å². The van der Waals surface area contributed by atoms with Crippen LogP contribution >= 0.6 is 0 Å². The molecule has 0 bridgehead atoms. The zero-order valence-electron chi connectivity index (χ0n) is 13.7. The minimum Gasteiger partial charge on any atom is -0.445 e. The van der Waals surface area contributed by atoms with Crippen LogP contribution < -0.4 is 5.32 Å². The normalized spacial score (nSPS) is 10.5. The van der Waals surface area contributed by atoms with E-state index in [2.05, 4.69) is 17.2 Å². The van der Waals surface area contributed by atoms with E-state index in [1.807, 2.05) is 6.07 Å². The largest absolute Gasteiger partial charge is 0.445 e. The highest BCUT2D eigenvalue weighted by molar-refractivity contribution is 5.67. The van der Waals surface area contributed by atoms with E-state index in [0.29, 0.717) is 6.07 Å². The molecule has 0 saturated heterocycles. The Morgan fingerprint density at radius 1 is 1.19 bits per heavy atom. The fourth-order valence-corrected chi connectivity index (χ4v) is 2.03. The van der Waals surface area contributed by atoms with Gasteiger partial charge in [-0.2, -0.15) is 13.2 Å². The number of hydrogen-bond acceptors (Lipinski definition) is 4. The van der Waals surface area contributed by atoms with Gasteiger partial charge in [0.2, 0.25) is 0 Å². The smallest absolute Gasteiger partial charge is 0.417 e. The number of benzene rings is 2. The Hall–Kier alpha value is -3.54. The number of nitrogens with zero attached hydrogens (tertiary/aromatic N) is 1. The summed E-state index contributed by atoms with van der Waals surface area (Å²) < 4.78 is 43.8. The van der Waals surface area contributed by atoms with Crippen LogP contribution in [-0.4, -0.2) is 17.6 Å². The van der Waals surface area contributed by atoms with Gasteiger partial charge in [0.15, 0.2) is 0 Å². The SMILES string of the molecule is O=C(NCC#Cc1cc([N+](=O)[O-])ccc1C(F)(F)F)OCc1ccccc1. The number of halogens is 3. The predicted octanol–water partition coefficient (Wildman–Crippen LogP) is 3.89. The summed E-state index contributed by atoms with van der Waals surface area (Å²) in [5, 5.41) is 13.0. The first kappa shape index (κ1) is 19.8. The zero-order valence-corrected chi connectivity index (χ0v) is 13.7. The number of carbonyl (C=O) groups excluding carboxylic acids is 1. The average Bonchev–Trinajstić information content (AvgIpc) is 2.63. The van der Waals surface area contributed by atoms with Crippen molar-refractivity contribution in [2.45, 2.75) is 12.8 Å². The van der Waals surface area contributed by atoms with Gasteiger partial charge in [0.25, 0.3) is 5.69 Å². The number of carbonyl (C=O) groups is 1. The van der Waals surface area contributed by atoms with Crippen LogP contribution in [0.2, 0.25) is 0 Å². The van der Waals surface area contributed by atoms with Gasteiger partial charge in [-0.25, -0.2) is 4.79 Å². The molecule has 2 rings (SSSR count). The lowest BCUT2D eigenvalue weighted by atomic mass is 10.1. The van der Waals surface area contributed by atoms with Gasteiger partial charge in [-0.15, -0.1) is 0 Å². The number of rotatable bonds is 4. The first-order valence-corrected chi connectivity index (χ1v) is 7.56. The number of nitro groups is 1. The summed E-state index contributed by atoms with van der Waals surface area (Å²) in [6.07, 6.45) is -5.50. The van der Waals surface area contributed by atoms with Crippen molar-refractivity contribution >= 4 is 11.8 Å². The summed E-state index contributed by atoms with van der Waals surface area (Å²) in [4.78, 5) is 21.4. The summed E-state index contributed by atoms with van der Waals surface area (Å²) >= 11 is 0. The average molecular weight is 378 g/mol. The summed E-state index contributed by atoms with van der Waals surface area (Å²) in [5.41, 5.74) is -1.38. The number of alkyl halides is 3. The van der Waals surface area contributed by atoms with E-state index in [-0.39, 0.29) is 13.2 Å². The van der Waals surface area contributed by atoms with Gasteiger partial charge in [0.05, 0.1) is 17.0 Å². The second kappa shape index (κ2) is 8.71. The number of hydrogen-bond donors (Lipinski definition) is 1. The van der Waals surface area contributed by atoms with Gasteiger partial charge in [-0.1, -0.05) is 42.2 Å². The molecule has 0 fully saturated rings. The first-order valence-electron chi connectivity index (χ1n) is 7.56. The number of alkyl carbamates (subject to hydrolysis) is 1. The van der Waals surface area contributed by atoms with Crippen molar-refractivity contribution in [3.63, 3.8) is 0 Å². The number of amides is 1. The maximum atomic E-state index is 13.0. The molecule has 9 heteroatoms. The Balaban J connectivity index is 1.99. The molecule has 0 aliphatic rings. The number of non-ortho nitro benzene ring substituents is 1. The first-order chi connectivity index (χ1) is 12.8. The molecule has 0 aliphatic heterocycles. The maximum absolute atomic E-state index is 13.0. The van der Waals surface area contributed by atoms with Crippen molar-refractivity contribution in [3.8, 4) is 11.8 Å². The van der Waals surface area contributed by atoms with E-state index in [4.69, 9.17) is 4.74 Å². The summed E-state index contributed by atoms with van der Waals surface area (Å²) in [6.45, 7) is -0.253. The van der Waals surface area contributed by atoms with Crippen LogP contribution in [0, 0.1) is 22.0 Å². The zero-order chi connectivity index (χ0) is 19.9. The van der Waals surface area contributed by atoms with Crippen LogP contribution in [0.5, 0.6) is 0 Å². The van der Waals surface area contributed by atoms with Gasteiger partial charge in [0, 0.05) is 17.7 Å². The van der Waals surface area contributed by atoms with Gasteiger partial charge >= 0.3 is 12.3 Å². The fourth-order valence-electron chi connectivity index (χ4n) is 2.03. The standard InChI is InChI=1S/C18H13F3N2O4/c19-18(20,21)16-9-8-15(23(25)26)11-14(16)7-4-10-22-17(24)27-12-13-5-2-1-3-6-13/h1-3,5-6,8-9,11H,10,12H2,(H,22,24). The molecule has 6 nitrogen and oxygen atoms in total. The van der Waals surface area contributed by atoms with E-state index in [1.54, 1.807) is 24.3 Å². The molecule has 0 atom stereocenters. The number of nitrogens with one attached hydrogen (secondary N) is 1. The topological polar surface area (TPSA) is 81.5 Å². The number of ether oxygens (including phenoxy) is 1. The van der Waals surface area contributed by atoms with Gasteiger partial charge < -0.3 is 10.1 Å². The second-order valence-electron chi connectivity index (χ2n) is 5.20. The van der Waals surface area contributed by atoms with E-state index in [1.165, 1.54) is 0 Å². The molecule has 0 spiro atoms. The maximum Gasteiger partial charge on any atom is 0.417 e. The molecule has 1 N–H and O–H groups in total. The highest BCUT2D eigenvalue weighted by atomic mass is 19.4. The van der Waals surface area contributed by atoms with Gasteiger partial charge in [-0.05, 0) is 11.6 Å². The van der Waals surface area contributed by atoms with E-state index < -0.39 is 34.0 Å². The molecule has 0 heterocycles. The Labute approximate surface area is 152 Å². The molecule has 0 aliphatic carbocycles. The minimum atomic E-state index is -4.71. The lowest BCUT2D eigenvalue weighted by Crippen LogP contribution is -2.24. The highest BCUT2D eigenvalue weighted by Crippen LogP contribution is 2.33. The van der Waals surface area contributed by atoms with E-state index in [9.17, 15) is 28.1 Å².